The first-order chi connectivity index (χ1) is 5.57. The molecule has 5 N–H and O–H groups in total. The largest absolute Gasteiger partial charge is 0.394 e. The van der Waals surface area contributed by atoms with Gasteiger partial charge in [-0.25, -0.2) is 0 Å². The van der Waals surface area contributed by atoms with E-state index in [-0.39, 0.29) is 6.61 Å². The quantitative estimate of drug-likeness (QED) is 0.365. The number of rotatable bonds is 1. The Labute approximate surface area is 70.8 Å². The van der Waals surface area contributed by atoms with Crippen LogP contribution in [0.1, 0.15) is 6.92 Å². The Balaban J connectivity index is 2.63. The first-order valence-corrected chi connectivity index (χ1v) is 3.96. The summed E-state index contributed by atoms with van der Waals surface area (Å²) in [6.07, 6.45) is -3.07. The molecule has 5 atom stereocenters. The van der Waals surface area contributed by atoms with Crippen molar-refractivity contribution in [2.45, 2.75) is 37.4 Å². The van der Waals surface area contributed by atoms with Crippen molar-refractivity contribution in [1.82, 2.24) is 0 Å². The Morgan fingerprint density at radius 2 is 1.92 bits per heavy atom. The Kier molecular flexibility index (Phi) is 3.03. The summed E-state index contributed by atoms with van der Waals surface area (Å²) in [5.74, 6) is 0. The van der Waals surface area contributed by atoms with Gasteiger partial charge in [-0.1, -0.05) is 0 Å². The van der Waals surface area contributed by atoms with Gasteiger partial charge in [-0.15, -0.1) is 0 Å². The van der Waals surface area contributed by atoms with Crippen molar-refractivity contribution < 1.29 is 20.1 Å². The highest BCUT2D eigenvalue weighted by molar-refractivity contribution is 4.92. The monoisotopic (exact) mass is 177 g/mol. The van der Waals surface area contributed by atoms with Gasteiger partial charge in [-0.05, 0) is 6.92 Å². The molecule has 1 aliphatic heterocycles. The lowest BCUT2D eigenvalue weighted by atomic mass is 9.94. The second-order valence-corrected chi connectivity index (χ2v) is 3.12. The molecule has 0 aromatic carbocycles. The van der Waals surface area contributed by atoms with Gasteiger partial charge in [0.2, 0.25) is 0 Å². The molecule has 0 aliphatic carbocycles. The average Bonchev–Trinajstić information content (AvgIpc) is 2.08. The predicted molar refractivity (Wildman–Crippen MR) is 41.4 cm³/mol. The molecule has 5 heteroatoms. The van der Waals surface area contributed by atoms with E-state index < -0.39 is 30.5 Å². The van der Waals surface area contributed by atoms with Crippen molar-refractivity contribution in [3.05, 3.63) is 0 Å². The Morgan fingerprint density at radius 3 is 2.42 bits per heavy atom. The first kappa shape index (κ1) is 9.88. The van der Waals surface area contributed by atoms with Crippen LogP contribution in [0.15, 0.2) is 0 Å². The summed E-state index contributed by atoms with van der Waals surface area (Å²) in [5.41, 5.74) is 5.49. The molecular formula is C7H15NO4. The van der Waals surface area contributed by atoms with Crippen LogP contribution in [-0.4, -0.2) is 52.4 Å². The average molecular weight is 177 g/mol. The molecule has 0 aromatic heterocycles. The summed E-state index contributed by atoms with van der Waals surface area (Å²) >= 11 is 0. The van der Waals surface area contributed by atoms with Gasteiger partial charge in [0.05, 0.1) is 24.9 Å². The van der Waals surface area contributed by atoms with Crippen LogP contribution in [0.25, 0.3) is 0 Å². The van der Waals surface area contributed by atoms with Crippen LogP contribution < -0.4 is 5.73 Å². The molecule has 1 aliphatic rings. The summed E-state index contributed by atoms with van der Waals surface area (Å²) < 4.78 is 5.15. The molecule has 0 saturated carbocycles. The molecule has 1 heterocycles. The van der Waals surface area contributed by atoms with Crippen LogP contribution in [0.3, 0.4) is 0 Å². The van der Waals surface area contributed by atoms with Gasteiger partial charge in [0.25, 0.3) is 0 Å². The lowest BCUT2D eigenvalue weighted by molar-refractivity contribution is -0.180. The predicted octanol–water partition coefficient (Wildman–Crippen LogP) is -2.18. The van der Waals surface area contributed by atoms with E-state index in [0.717, 1.165) is 0 Å². The number of aliphatic hydroxyl groups is 3. The molecule has 5 nitrogen and oxygen atoms in total. The number of nitrogens with two attached hydrogens (primary N) is 1. The zero-order chi connectivity index (χ0) is 9.30. The van der Waals surface area contributed by atoms with Gasteiger partial charge in [0.15, 0.2) is 0 Å². The van der Waals surface area contributed by atoms with E-state index in [1.165, 1.54) is 0 Å². The van der Waals surface area contributed by atoms with Gasteiger partial charge in [0, 0.05) is 0 Å². The smallest absolute Gasteiger partial charge is 0.107 e. The summed E-state index contributed by atoms with van der Waals surface area (Å²) in [4.78, 5) is 0. The second kappa shape index (κ2) is 3.68. The molecule has 0 aromatic rings. The Hall–Kier alpha value is -0.200. The maximum Gasteiger partial charge on any atom is 0.107 e. The fourth-order valence-electron chi connectivity index (χ4n) is 1.34. The van der Waals surface area contributed by atoms with Crippen LogP contribution >= 0.6 is 0 Å². The highest BCUT2D eigenvalue weighted by atomic mass is 16.5. The maximum atomic E-state index is 9.35. The van der Waals surface area contributed by atoms with Crippen molar-refractivity contribution >= 4 is 0 Å². The fraction of sp³-hybridized carbons (Fsp3) is 1.00. The van der Waals surface area contributed by atoms with Crippen LogP contribution in [0.4, 0.5) is 0 Å². The van der Waals surface area contributed by atoms with Crippen molar-refractivity contribution in [2.24, 2.45) is 5.73 Å². The first-order valence-electron chi connectivity index (χ1n) is 3.96. The Bertz CT molecular complexity index is 150. The molecule has 0 radical (unpaired) electrons. The van der Waals surface area contributed by atoms with Crippen molar-refractivity contribution in [3.63, 3.8) is 0 Å². The summed E-state index contributed by atoms with van der Waals surface area (Å²) in [6, 6.07) is -0.721. The molecule has 72 valence electrons. The number of ether oxygens (including phenoxy) is 1. The third-order valence-corrected chi connectivity index (χ3v) is 2.22. The highest BCUT2D eigenvalue weighted by Crippen LogP contribution is 2.18. The van der Waals surface area contributed by atoms with Crippen LogP contribution in [0, 0.1) is 0 Å². The summed E-state index contributed by atoms with van der Waals surface area (Å²) in [6.45, 7) is 1.39. The normalized spacial score (nSPS) is 49.2. The van der Waals surface area contributed by atoms with Crippen LogP contribution in [-0.2, 0) is 4.74 Å². The van der Waals surface area contributed by atoms with E-state index in [0.29, 0.717) is 0 Å². The van der Waals surface area contributed by atoms with Crippen LogP contribution in [0.5, 0.6) is 0 Å². The molecule has 1 rings (SSSR count). The molecule has 1 fully saturated rings. The number of hydrogen-bond acceptors (Lipinski definition) is 5. The zero-order valence-electron chi connectivity index (χ0n) is 6.92. The number of hydrogen-bond donors (Lipinski definition) is 4. The second-order valence-electron chi connectivity index (χ2n) is 3.12. The minimum atomic E-state index is -1.02. The van der Waals surface area contributed by atoms with E-state index >= 15 is 0 Å². The van der Waals surface area contributed by atoms with Gasteiger partial charge < -0.3 is 25.8 Å². The summed E-state index contributed by atoms with van der Waals surface area (Å²) in [7, 11) is 0. The van der Waals surface area contributed by atoms with Gasteiger partial charge >= 0.3 is 0 Å². The molecule has 1 saturated heterocycles. The standard InChI is InChI=1S/C7H15NO4/c1-3-6(10)7(11)5(8)4(2-9)12-3/h3-7,9-11H,2,8H2,1H3/t3-,4?,5-,6?,7+/m1/s1. The lowest BCUT2D eigenvalue weighted by Gasteiger charge is -2.39. The van der Waals surface area contributed by atoms with Gasteiger partial charge in [0.1, 0.15) is 12.2 Å². The zero-order valence-corrected chi connectivity index (χ0v) is 6.92. The van der Waals surface area contributed by atoms with Gasteiger partial charge in [-0.2, -0.15) is 0 Å². The van der Waals surface area contributed by atoms with Crippen molar-refractivity contribution in [2.75, 3.05) is 6.61 Å². The van der Waals surface area contributed by atoms with Gasteiger partial charge in [-0.3, -0.25) is 0 Å². The highest BCUT2D eigenvalue weighted by Gasteiger charge is 2.39. The topological polar surface area (TPSA) is 95.9 Å². The summed E-state index contributed by atoms with van der Waals surface area (Å²) in [5, 5.41) is 27.4. The molecule has 2 unspecified atom stereocenters. The molecular weight excluding hydrogens is 162 g/mol. The fourth-order valence-corrected chi connectivity index (χ4v) is 1.34. The number of aliphatic hydroxyl groups excluding tert-OH is 3. The molecule has 0 bridgehead atoms. The lowest BCUT2D eigenvalue weighted by Crippen LogP contribution is -2.61. The molecule has 0 spiro atoms. The molecule has 12 heavy (non-hydrogen) atoms. The van der Waals surface area contributed by atoms with E-state index in [4.69, 9.17) is 15.6 Å². The van der Waals surface area contributed by atoms with E-state index in [1.807, 2.05) is 0 Å². The van der Waals surface area contributed by atoms with Crippen LogP contribution in [0.2, 0.25) is 0 Å². The minimum absolute atomic E-state index is 0.241. The molecule has 0 amide bonds. The van der Waals surface area contributed by atoms with Crippen molar-refractivity contribution in [1.29, 1.82) is 0 Å². The SMILES string of the molecule is C[C@H]1OC(CO)[C@@H](N)[C@H](O)C1O. The van der Waals surface area contributed by atoms with E-state index in [2.05, 4.69) is 0 Å². The van der Waals surface area contributed by atoms with E-state index in [1.54, 1.807) is 6.92 Å². The van der Waals surface area contributed by atoms with E-state index in [9.17, 15) is 10.2 Å². The third kappa shape index (κ3) is 1.60. The minimum Gasteiger partial charge on any atom is -0.394 e. The maximum absolute atomic E-state index is 9.35. The van der Waals surface area contributed by atoms with Crippen molar-refractivity contribution in [3.8, 4) is 0 Å². The Morgan fingerprint density at radius 1 is 1.33 bits per heavy atom. The third-order valence-electron chi connectivity index (χ3n) is 2.22.